The minimum Gasteiger partial charge on any atom is -0.496 e. The molecule has 0 radical (unpaired) electrons. The monoisotopic (exact) mass is 563 g/mol. The Balaban J connectivity index is 1.83. The SMILES string of the molecule is COc1ccccc1-c1c(OC(=O)OCCOc2cccc(C(F)(F)F)c2)c(C)nc(C)c1OC(=O)OC(C)C. The summed E-state index contributed by atoms with van der Waals surface area (Å²) in [7, 11) is 1.45. The molecule has 0 amide bonds. The molecular weight excluding hydrogens is 535 g/mol. The highest BCUT2D eigenvalue weighted by Gasteiger charge is 2.31. The Morgan fingerprint density at radius 2 is 1.55 bits per heavy atom. The number of aromatic nitrogens is 1. The molecule has 0 atom stereocenters. The predicted molar refractivity (Wildman–Crippen MR) is 137 cm³/mol. The molecule has 1 heterocycles. The summed E-state index contributed by atoms with van der Waals surface area (Å²) in [4.78, 5) is 29.4. The van der Waals surface area contributed by atoms with Gasteiger partial charge in [0.15, 0.2) is 11.5 Å². The molecule has 0 unspecified atom stereocenters. The van der Waals surface area contributed by atoms with Gasteiger partial charge in [-0.15, -0.1) is 0 Å². The van der Waals surface area contributed by atoms with E-state index in [0.717, 1.165) is 12.1 Å². The van der Waals surface area contributed by atoms with Crippen LogP contribution in [0.2, 0.25) is 0 Å². The summed E-state index contributed by atoms with van der Waals surface area (Å²) < 4.78 is 70.6. The van der Waals surface area contributed by atoms with Crippen molar-refractivity contribution in [1.82, 2.24) is 4.98 Å². The summed E-state index contributed by atoms with van der Waals surface area (Å²) >= 11 is 0. The van der Waals surface area contributed by atoms with Crippen molar-refractivity contribution in [3.8, 4) is 34.1 Å². The number of carbonyl (C=O) groups excluding carboxylic acids is 2. The number of hydrogen-bond acceptors (Lipinski definition) is 9. The Hall–Kier alpha value is -4.48. The largest absolute Gasteiger partial charge is 0.514 e. The number of hydrogen-bond donors (Lipinski definition) is 0. The molecule has 0 aliphatic heterocycles. The maximum atomic E-state index is 12.9. The molecule has 0 aliphatic carbocycles. The van der Waals surface area contributed by atoms with Crippen LogP contribution in [0.4, 0.5) is 22.8 Å². The van der Waals surface area contributed by atoms with E-state index < -0.39 is 30.2 Å². The minimum absolute atomic E-state index is 0.0172. The third kappa shape index (κ3) is 7.78. The predicted octanol–water partition coefficient (Wildman–Crippen LogP) is 6.91. The quantitative estimate of drug-likeness (QED) is 0.203. The van der Waals surface area contributed by atoms with Gasteiger partial charge in [0.1, 0.15) is 24.7 Å². The van der Waals surface area contributed by atoms with Crippen molar-refractivity contribution >= 4 is 12.3 Å². The van der Waals surface area contributed by atoms with Crippen LogP contribution in [-0.4, -0.2) is 43.7 Å². The number of aryl methyl sites for hydroxylation is 2. The van der Waals surface area contributed by atoms with Gasteiger partial charge in [0, 0.05) is 5.56 Å². The van der Waals surface area contributed by atoms with Crippen molar-refractivity contribution in [2.45, 2.75) is 40.0 Å². The van der Waals surface area contributed by atoms with E-state index in [-0.39, 0.29) is 41.7 Å². The van der Waals surface area contributed by atoms with Crippen molar-refractivity contribution in [2.75, 3.05) is 20.3 Å². The highest BCUT2D eigenvalue weighted by molar-refractivity contribution is 5.86. The highest BCUT2D eigenvalue weighted by atomic mass is 19.4. The Morgan fingerprint density at radius 1 is 0.900 bits per heavy atom. The topological polar surface area (TPSA) is 102 Å². The standard InChI is InChI=1S/C28H28F3NO8/c1-16(2)38-27(34)40-25-18(4)32-17(3)24(23(25)21-11-6-7-12-22(21)35-5)39-26(33)37-14-13-36-20-10-8-9-19(15-20)28(29,30)31/h6-12,15-16H,13-14H2,1-5H3. The summed E-state index contributed by atoms with van der Waals surface area (Å²) in [6, 6.07) is 11.1. The molecule has 2 aromatic carbocycles. The summed E-state index contributed by atoms with van der Waals surface area (Å²) in [5.74, 6) is 0.267. The molecule has 214 valence electrons. The van der Waals surface area contributed by atoms with E-state index in [4.69, 9.17) is 28.4 Å². The second kappa shape index (κ2) is 13.0. The van der Waals surface area contributed by atoms with Gasteiger partial charge in [-0.1, -0.05) is 24.3 Å². The molecule has 3 aromatic rings. The molecule has 3 rings (SSSR count). The van der Waals surface area contributed by atoms with Gasteiger partial charge in [-0.25, -0.2) is 9.59 Å². The van der Waals surface area contributed by atoms with Gasteiger partial charge in [0.25, 0.3) is 0 Å². The number of nitrogens with zero attached hydrogens (tertiary/aromatic N) is 1. The van der Waals surface area contributed by atoms with Crippen molar-refractivity contribution in [3.05, 3.63) is 65.5 Å². The van der Waals surface area contributed by atoms with E-state index in [9.17, 15) is 22.8 Å². The molecule has 12 heteroatoms. The van der Waals surface area contributed by atoms with E-state index in [2.05, 4.69) is 4.98 Å². The highest BCUT2D eigenvalue weighted by Crippen LogP contribution is 2.45. The number of alkyl halides is 3. The first-order valence-electron chi connectivity index (χ1n) is 12.1. The zero-order valence-corrected chi connectivity index (χ0v) is 22.5. The van der Waals surface area contributed by atoms with Crippen LogP contribution in [0.1, 0.15) is 30.8 Å². The Morgan fingerprint density at radius 3 is 2.17 bits per heavy atom. The van der Waals surface area contributed by atoms with Crippen LogP contribution in [0, 0.1) is 13.8 Å². The fourth-order valence-electron chi connectivity index (χ4n) is 3.62. The summed E-state index contributed by atoms with van der Waals surface area (Å²) in [5, 5.41) is 0. The molecule has 9 nitrogen and oxygen atoms in total. The summed E-state index contributed by atoms with van der Waals surface area (Å²) in [6.07, 6.45) is -7.11. The van der Waals surface area contributed by atoms with E-state index in [1.807, 2.05) is 0 Å². The number of ether oxygens (including phenoxy) is 6. The number of methoxy groups -OCH3 is 1. The molecule has 0 aliphatic rings. The van der Waals surface area contributed by atoms with Gasteiger partial charge in [-0.3, -0.25) is 4.98 Å². The molecule has 40 heavy (non-hydrogen) atoms. The maximum absolute atomic E-state index is 12.9. The molecule has 0 saturated carbocycles. The lowest BCUT2D eigenvalue weighted by Gasteiger charge is -2.20. The van der Waals surface area contributed by atoms with Gasteiger partial charge in [0.05, 0.1) is 35.7 Å². The van der Waals surface area contributed by atoms with Crippen LogP contribution in [0.3, 0.4) is 0 Å². The van der Waals surface area contributed by atoms with E-state index >= 15 is 0 Å². The van der Waals surface area contributed by atoms with Crippen LogP contribution < -0.4 is 18.9 Å². The van der Waals surface area contributed by atoms with Crippen LogP contribution in [0.15, 0.2) is 48.5 Å². The van der Waals surface area contributed by atoms with Crippen molar-refractivity contribution in [1.29, 1.82) is 0 Å². The van der Waals surface area contributed by atoms with E-state index in [1.165, 1.54) is 19.2 Å². The average molecular weight is 564 g/mol. The normalized spacial score (nSPS) is 11.1. The van der Waals surface area contributed by atoms with E-state index in [0.29, 0.717) is 17.0 Å². The van der Waals surface area contributed by atoms with Crippen LogP contribution in [0.25, 0.3) is 11.1 Å². The molecule has 0 N–H and O–H groups in total. The molecule has 0 fully saturated rings. The van der Waals surface area contributed by atoms with E-state index in [1.54, 1.807) is 52.0 Å². The van der Waals surface area contributed by atoms with Crippen molar-refractivity contribution < 1.29 is 51.2 Å². The van der Waals surface area contributed by atoms with Gasteiger partial charge in [0.2, 0.25) is 0 Å². The number of halogens is 3. The molecule has 1 aromatic heterocycles. The molecule has 0 spiro atoms. The number of rotatable bonds is 9. The van der Waals surface area contributed by atoms with Gasteiger partial charge >= 0.3 is 18.5 Å². The Labute approximate surface area is 228 Å². The first-order valence-corrected chi connectivity index (χ1v) is 12.1. The molecule has 0 bridgehead atoms. The first-order chi connectivity index (χ1) is 18.9. The maximum Gasteiger partial charge on any atom is 0.514 e. The second-order valence-corrected chi connectivity index (χ2v) is 8.61. The molecular formula is C28H28F3NO8. The number of pyridine rings is 1. The van der Waals surface area contributed by atoms with Crippen LogP contribution >= 0.6 is 0 Å². The zero-order valence-electron chi connectivity index (χ0n) is 22.5. The second-order valence-electron chi connectivity index (χ2n) is 8.61. The third-order valence-electron chi connectivity index (χ3n) is 5.26. The van der Waals surface area contributed by atoms with Crippen molar-refractivity contribution in [2.24, 2.45) is 0 Å². The Kier molecular flexibility index (Phi) is 9.81. The zero-order chi connectivity index (χ0) is 29.4. The number of para-hydroxylation sites is 1. The average Bonchev–Trinajstić information content (AvgIpc) is 2.88. The minimum atomic E-state index is -4.52. The lowest BCUT2D eigenvalue weighted by Crippen LogP contribution is -2.19. The third-order valence-corrected chi connectivity index (χ3v) is 5.26. The molecule has 0 saturated heterocycles. The number of benzene rings is 2. The van der Waals surface area contributed by atoms with Crippen LogP contribution in [-0.2, 0) is 15.7 Å². The van der Waals surface area contributed by atoms with Gasteiger partial charge in [-0.05, 0) is 52.0 Å². The first kappa shape index (κ1) is 30.1. The van der Waals surface area contributed by atoms with Gasteiger partial charge < -0.3 is 28.4 Å². The Bertz CT molecular complexity index is 1360. The lowest BCUT2D eigenvalue weighted by molar-refractivity contribution is -0.137. The lowest BCUT2D eigenvalue weighted by atomic mass is 10.0. The summed E-state index contributed by atoms with van der Waals surface area (Å²) in [6.45, 7) is 5.93. The van der Waals surface area contributed by atoms with Gasteiger partial charge in [-0.2, -0.15) is 13.2 Å². The van der Waals surface area contributed by atoms with Crippen molar-refractivity contribution in [3.63, 3.8) is 0 Å². The fourth-order valence-corrected chi connectivity index (χ4v) is 3.62. The smallest absolute Gasteiger partial charge is 0.496 e. The summed E-state index contributed by atoms with van der Waals surface area (Å²) in [5.41, 5.74) is 0.350. The fraction of sp³-hybridized carbons (Fsp3) is 0.321. The van der Waals surface area contributed by atoms with Crippen LogP contribution in [0.5, 0.6) is 23.0 Å². The number of carbonyl (C=O) groups is 2.